The molecule has 23 heavy (non-hydrogen) atoms. The van der Waals surface area contributed by atoms with Crippen molar-refractivity contribution in [3.8, 4) is 5.75 Å². The van der Waals surface area contributed by atoms with Crippen LogP contribution in [0.5, 0.6) is 5.75 Å². The van der Waals surface area contributed by atoms with Crippen molar-refractivity contribution in [2.45, 2.75) is 52.3 Å². The zero-order valence-electron chi connectivity index (χ0n) is 13.9. The molecule has 2 rings (SSSR count). The van der Waals surface area contributed by atoms with Crippen LogP contribution >= 0.6 is 0 Å². The molecule has 6 nitrogen and oxygen atoms in total. The van der Waals surface area contributed by atoms with Gasteiger partial charge in [0.1, 0.15) is 24.9 Å². The first-order chi connectivity index (χ1) is 11.0. The second-order valence-electron chi connectivity index (χ2n) is 5.91. The monoisotopic (exact) mass is 316 g/mol. The van der Waals surface area contributed by atoms with Crippen LogP contribution in [0.25, 0.3) is 0 Å². The Balaban J connectivity index is 1.73. The standard InChI is InChI=1S/C17H24N4O2/c1-13(2)23-16-8-6-15(7-9-16)5-4-14(3)20-17(22)10-21-12-18-11-19-21/h6-9,11-14H,4-5,10H2,1-3H3,(H,20,22). The summed E-state index contributed by atoms with van der Waals surface area (Å²) in [6.45, 7) is 6.23. The van der Waals surface area contributed by atoms with Gasteiger partial charge in [-0.05, 0) is 51.3 Å². The van der Waals surface area contributed by atoms with Crippen LogP contribution in [0, 0.1) is 0 Å². The molecule has 0 saturated heterocycles. The highest BCUT2D eigenvalue weighted by Gasteiger charge is 2.08. The normalized spacial score (nSPS) is 12.2. The van der Waals surface area contributed by atoms with Crippen molar-refractivity contribution in [2.75, 3.05) is 0 Å². The summed E-state index contributed by atoms with van der Waals surface area (Å²) in [7, 11) is 0. The molecule has 1 unspecified atom stereocenters. The van der Waals surface area contributed by atoms with Crippen LogP contribution in [0.15, 0.2) is 36.9 Å². The van der Waals surface area contributed by atoms with Gasteiger partial charge in [0, 0.05) is 6.04 Å². The Kier molecular flexibility index (Phi) is 6.14. The van der Waals surface area contributed by atoms with Crippen LogP contribution in [0.4, 0.5) is 0 Å². The number of hydrogen-bond acceptors (Lipinski definition) is 4. The van der Waals surface area contributed by atoms with E-state index in [1.165, 1.54) is 22.9 Å². The van der Waals surface area contributed by atoms with Crippen LogP contribution in [0.3, 0.4) is 0 Å². The predicted octanol–water partition coefficient (Wildman–Crippen LogP) is 2.20. The summed E-state index contributed by atoms with van der Waals surface area (Å²) in [4.78, 5) is 15.7. The van der Waals surface area contributed by atoms with Gasteiger partial charge in [-0.15, -0.1) is 0 Å². The first-order valence-electron chi connectivity index (χ1n) is 7.90. The third-order valence-corrected chi connectivity index (χ3v) is 3.34. The summed E-state index contributed by atoms with van der Waals surface area (Å²) < 4.78 is 7.14. The van der Waals surface area contributed by atoms with E-state index >= 15 is 0 Å². The van der Waals surface area contributed by atoms with Crippen LogP contribution in [0.2, 0.25) is 0 Å². The van der Waals surface area contributed by atoms with Crippen LogP contribution in [0.1, 0.15) is 32.8 Å². The minimum absolute atomic E-state index is 0.0521. The first-order valence-corrected chi connectivity index (χ1v) is 7.90. The molecule has 0 bridgehead atoms. The number of benzene rings is 1. The maximum atomic E-state index is 11.9. The van der Waals surface area contributed by atoms with Gasteiger partial charge in [0.25, 0.3) is 0 Å². The van der Waals surface area contributed by atoms with Gasteiger partial charge < -0.3 is 10.1 Å². The number of ether oxygens (including phenoxy) is 1. The Bertz CT molecular complexity index is 594. The quantitative estimate of drug-likeness (QED) is 0.810. The molecule has 1 aromatic heterocycles. The topological polar surface area (TPSA) is 69.0 Å². The molecule has 6 heteroatoms. The predicted molar refractivity (Wildman–Crippen MR) is 88.2 cm³/mol. The van der Waals surface area contributed by atoms with Gasteiger partial charge >= 0.3 is 0 Å². The molecule has 124 valence electrons. The molecule has 0 aliphatic carbocycles. The van der Waals surface area contributed by atoms with Crippen molar-refractivity contribution >= 4 is 5.91 Å². The summed E-state index contributed by atoms with van der Waals surface area (Å²) in [6, 6.07) is 8.23. The van der Waals surface area contributed by atoms with Gasteiger partial charge in [-0.2, -0.15) is 5.10 Å². The summed E-state index contributed by atoms with van der Waals surface area (Å²) >= 11 is 0. The van der Waals surface area contributed by atoms with E-state index in [4.69, 9.17) is 4.74 Å². The summed E-state index contributed by atoms with van der Waals surface area (Å²) in [5, 5.41) is 6.89. The van der Waals surface area contributed by atoms with E-state index in [9.17, 15) is 4.79 Å². The zero-order chi connectivity index (χ0) is 16.7. The second kappa shape index (κ2) is 8.31. The summed E-state index contributed by atoms with van der Waals surface area (Å²) in [5.41, 5.74) is 1.23. The minimum Gasteiger partial charge on any atom is -0.491 e. The minimum atomic E-state index is -0.0521. The molecular formula is C17H24N4O2. The summed E-state index contributed by atoms with van der Waals surface area (Å²) in [6.07, 6.45) is 4.93. The third-order valence-electron chi connectivity index (χ3n) is 3.34. The number of carbonyl (C=O) groups excluding carboxylic acids is 1. The van der Waals surface area contributed by atoms with Gasteiger partial charge in [-0.25, -0.2) is 9.67 Å². The van der Waals surface area contributed by atoms with Crippen molar-refractivity contribution in [2.24, 2.45) is 0 Å². The van der Waals surface area contributed by atoms with E-state index in [0.717, 1.165) is 18.6 Å². The largest absolute Gasteiger partial charge is 0.491 e. The fourth-order valence-electron chi connectivity index (χ4n) is 2.24. The molecule has 0 aliphatic rings. The number of nitrogens with one attached hydrogen (secondary N) is 1. The number of nitrogens with zero attached hydrogens (tertiary/aromatic N) is 3. The molecule has 1 amide bonds. The molecule has 1 aromatic carbocycles. The number of aromatic nitrogens is 3. The fourth-order valence-corrected chi connectivity index (χ4v) is 2.24. The molecule has 1 N–H and O–H groups in total. The lowest BCUT2D eigenvalue weighted by molar-refractivity contribution is -0.122. The van der Waals surface area contributed by atoms with Crippen molar-refractivity contribution in [1.29, 1.82) is 0 Å². The van der Waals surface area contributed by atoms with Crippen molar-refractivity contribution in [3.05, 3.63) is 42.5 Å². The average molecular weight is 316 g/mol. The maximum Gasteiger partial charge on any atom is 0.242 e. The van der Waals surface area contributed by atoms with E-state index in [1.54, 1.807) is 0 Å². The van der Waals surface area contributed by atoms with Crippen LogP contribution in [-0.2, 0) is 17.8 Å². The average Bonchev–Trinajstić information content (AvgIpc) is 2.98. The Labute approximate surface area is 136 Å². The first kappa shape index (κ1) is 17.0. The van der Waals surface area contributed by atoms with Crippen LogP contribution < -0.4 is 10.1 Å². The number of hydrogen-bond donors (Lipinski definition) is 1. The van der Waals surface area contributed by atoms with Crippen LogP contribution in [-0.4, -0.2) is 32.8 Å². The second-order valence-corrected chi connectivity index (χ2v) is 5.91. The van der Waals surface area contributed by atoms with Gasteiger partial charge in [-0.3, -0.25) is 4.79 Å². The Morgan fingerprint density at radius 2 is 2.00 bits per heavy atom. The molecule has 0 saturated carbocycles. The van der Waals surface area contributed by atoms with E-state index < -0.39 is 0 Å². The lowest BCUT2D eigenvalue weighted by atomic mass is 10.1. The molecule has 0 spiro atoms. The van der Waals surface area contributed by atoms with Crippen molar-refractivity contribution in [3.63, 3.8) is 0 Å². The molecular weight excluding hydrogens is 292 g/mol. The lowest BCUT2D eigenvalue weighted by Crippen LogP contribution is -2.35. The molecule has 1 atom stereocenters. The molecule has 0 fully saturated rings. The van der Waals surface area contributed by atoms with Gasteiger partial charge in [0.2, 0.25) is 5.91 Å². The lowest BCUT2D eigenvalue weighted by Gasteiger charge is -2.14. The highest BCUT2D eigenvalue weighted by Crippen LogP contribution is 2.15. The number of amides is 1. The van der Waals surface area contributed by atoms with Gasteiger partial charge in [0.05, 0.1) is 6.10 Å². The van der Waals surface area contributed by atoms with E-state index in [-0.39, 0.29) is 24.6 Å². The van der Waals surface area contributed by atoms with E-state index in [1.807, 2.05) is 32.9 Å². The highest BCUT2D eigenvalue weighted by molar-refractivity contribution is 5.75. The van der Waals surface area contributed by atoms with Crippen molar-refractivity contribution in [1.82, 2.24) is 20.1 Å². The Morgan fingerprint density at radius 3 is 2.61 bits per heavy atom. The van der Waals surface area contributed by atoms with Crippen molar-refractivity contribution < 1.29 is 9.53 Å². The fraction of sp³-hybridized carbons (Fsp3) is 0.471. The summed E-state index contributed by atoms with van der Waals surface area (Å²) in [5.74, 6) is 0.835. The number of aryl methyl sites for hydroxylation is 1. The Morgan fingerprint density at radius 1 is 1.26 bits per heavy atom. The van der Waals surface area contributed by atoms with E-state index in [2.05, 4.69) is 27.5 Å². The number of rotatable bonds is 8. The molecule has 2 aromatic rings. The van der Waals surface area contributed by atoms with E-state index in [0.29, 0.717) is 0 Å². The van der Waals surface area contributed by atoms with Gasteiger partial charge in [-0.1, -0.05) is 12.1 Å². The maximum absolute atomic E-state index is 11.9. The Hall–Kier alpha value is -2.37. The highest BCUT2D eigenvalue weighted by atomic mass is 16.5. The molecule has 0 aliphatic heterocycles. The zero-order valence-corrected chi connectivity index (χ0v) is 13.9. The number of carbonyl (C=O) groups is 1. The SMILES string of the molecule is CC(CCc1ccc(OC(C)C)cc1)NC(=O)Cn1cncn1. The smallest absolute Gasteiger partial charge is 0.242 e. The molecule has 0 radical (unpaired) electrons. The third kappa shape index (κ3) is 6.10. The van der Waals surface area contributed by atoms with Gasteiger partial charge in [0.15, 0.2) is 0 Å². The molecule has 1 heterocycles.